The summed E-state index contributed by atoms with van der Waals surface area (Å²) in [5.41, 5.74) is -1.54. The Bertz CT molecular complexity index is 1280. The van der Waals surface area contributed by atoms with Crippen LogP contribution in [0, 0.1) is 0 Å². The summed E-state index contributed by atoms with van der Waals surface area (Å²) in [5, 5.41) is 0. The van der Waals surface area contributed by atoms with E-state index in [-0.39, 0.29) is 28.9 Å². The quantitative estimate of drug-likeness (QED) is 0.196. The van der Waals surface area contributed by atoms with Crippen LogP contribution in [-0.4, -0.2) is 44.8 Å². The number of rotatable bonds is 9. The molecule has 0 aromatic heterocycles. The predicted molar refractivity (Wildman–Crippen MR) is 153 cm³/mol. The number of hydrogen-bond acceptors (Lipinski definition) is 4. The van der Waals surface area contributed by atoms with Crippen molar-refractivity contribution in [1.82, 2.24) is 0 Å². The van der Waals surface area contributed by atoms with Gasteiger partial charge in [-0.1, -0.05) is 84.0 Å². The van der Waals surface area contributed by atoms with Crippen molar-refractivity contribution in [3.8, 4) is 11.5 Å². The molecular weight excluding hydrogens is 529 g/mol. The van der Waals surface area contributed by atoms with Crippen molar-refractivity contribution in [2.75, 3.05) is 26.4 Å². The highest BCUT2D eigenvalue weighted by molar-refractivity contribution is 5.58. The van der Waals surface area contributed by atoms with E-state index in [1.807, 2.05) is 41.5 Å². The first-order chi connectivity index (χ1) is 19.2. The third kappa shape index (κ3) is 6.12. The van der Waals surface area contributed by atoms with Crippen LogP contribution in [0.15, 0.2) is 66.7 Å². The average molecular weight is 569 g/mol. The van der Waals surface area contributed by atoms with Gasteiger partial charge in [-0.2, -0.15) is 13.2 Å². The summed E-state index contributed by atoms with van der Waals surface area (Å²) >= 11 is 0. The van der Waals surface area contributed by atoms with E-state index in [0.29, 0.717) is 49.1 Å². The normalized spacial score (nSPS) is 20.3. The monoisotopic (exact) mass is 568 g/mol. The molecule has 0 saturated carbocycles. The Kier molecular flexibility index (Phi) is 7.66. The van der Waals surface area contributed by atoms with Gasteiger partial charge >= 0.3 is 6.18 Å². The smallest absolute Gasteiger partial charge is 0.406 e. The third-order valence-electron chi connectivity index (χ3n) is 7.73. The zero-order valence-corrected chi connectivity index (χ0v) is 24.6. The minimum atomic E-state index is -4.67. The average Bonchev–Trinajstić information content (AvgIpc) is 3.82. The maximum absolute atomic E-state index is 15.9. The van der Waals surface area contributed by atoms with E-state index < -0.39 is 22.4 Å². The number of epoxide rings is 2. The molecule has 2 saturated heterocycles. The van der Waals surface area contributed by atoms with Crippen molar-refractivity contribution in [3.63, 3.8) is 0 Å². The van der Waals surface area contributed by atoms with E-state index in [9.17, 15) is 0 Å². The van der Waals surface area contributed by atoms with Crippen molar-refractivity contribution >= 4 is 0 Å². The number of hydrogen-bond donors (Lipinski definition) is 0. The second-order valence-electron chi connectivity index (χ2n) is 13.1. The predicted octanol–water partition coefficient (Wildman–Crippen LogP) is 7.73. The molecule has 0 radical (unpaired) electrons. The number of benzene rings is 3. The number of alkyl halides is 3. The molecule has 0 N–H and O–H groups in total. The highest BCUT2D eigenvalue weighted by atomic mass is 19.4. The molecule has 2 heterocycles. The highest BCUT2D eigenvalue weighted by Gasteiger charge is 2.58. The van der Waals surface area contributed by atoms with Gasteiger partial charge in [0.25, 0.3) is 0 Å². The molecule has 220 valence electrons. The van der Waals surface area contributed by atoms with Crippen molar-refractivity contribution < 1.29 is 32.1 Å². The van der Waals surface area contributed by atoms with E-state index in [1.165, 1.54) is 0 Å². The molecule has 2 aliphatic heterocycles. The minimum absolute atomic E-state index is 0.0316. The Morgan fingerprint density at radius 2 is 1.05 bits per heavy atom. The number of ether oxygens (including phenoxy) is 4. The Balaban J connectivity index is 1.74. The second kappa shape index (κ2) is 10.7. The van der Waals surface area contributed by atoms with Crippen LogP contribution in [0.4, 0.5) is 13.2 Å². The first-order valence-electron chi connectivity index (χ1n) is 14.1. The van der Waals surface area contributed by atoms with Gasteiger partial charge in [0.15, 0.2) is 0 Å². The zero-order chi connectivity index (χ0) is 29.6. The molecule has 7 heteroatoms. The SMILES string of the molecule is CC(C)(C)c1cc(C(c2ccccc2)(c2ccc(OCC3CO3)c(C(C)(C)C)c2)C(F)(F)F)ccc1OCC1CO1. The summed E-state index contributed by atoms with van der Waals surface area (Å²) in [6, 6.07) is 18.0. The van der Waals surface area contributed by atoms with Crippen LogP contribution in [0.2, 0.25) is 0 Å². The molecule has 0 spiro atoms. The Morgan fingerprint density at radius 1 is 0.634 bits per heavy atom. The molecule has 0 amide bonds. The van der Waals surface area contributed by atoms with Crippen molar-refractivity contribution in [3.05, 3.63) is 94.5 Å². The molecule has 3 aromatic rings. The highest BCUT2D eigenvalue weighted by Crippen LogP contribution is 2.53. The van der Waals surface area contributed by atoms with Gasteiger partial charge in [0, 0.05) is 0 Å². The Morgan fingerprint density at radius 3 is 1.39 bits per heavy atom. The lowest BCUT2D eigenvalue weighted by atomic mass is 9.66. The van der Waals surface area contributed by atoms with Gasteiger partial charge in [0.1, 0.15) is 42.3 Å². The summed E-state index contributed by atoms with van der Waals surface area (Å²) in [6.45, 7) is 13.9. The molecule has 0 aliphatic carbocycles. The van der Waals surface area contributed by atoms with E-state index in [2.05, 4.69) is 0 Å². The van der Waals surface area contributed by atoms with Crippen LogP contribution in [0.1, 0.15) is 69.4 Å². The molecule has 3 aromatic carbocycles. The van der Waals surface area contributed by atoms with E-state index >= 15 is 13.2 Å². The van der Waals surface area contributed by atoms with Crippen molar-refractivity contribution in [1.29, 1.82) is 0 Å². The lowest BCUT2D eigenvalue weighted by Crippen LogP contribution is -2.45. The van der Waals surface area contributed by atoms with Gasteiger partial charge in [-0.05, 0) is 62.9 Å². The first-order valence-corrected chi connectivity index (χ1v) is 14.1. The van der Waals surface area contributed by atoms with Crippen LogP contribution >= 0.6 is 0 Å². The van der Waals surface area contributed by atoms with Crippen LogP contribution in [0.5, 0.6) is 11.5 Å². The Labute approximate surface area is 240 Å². The summed E-state index contributed by atoms with van der Waals surface area (Å²) in [6.07, 6.45) is -4.61. The third-order valence-corrected chi connectivity index (χ3v) is 7.73. The summed E-state index contributed by atoms with van der Waals surface area (Å²) in [4.78, 5) is 0. The van der Waals surface area contributed by atoms with Crippen LogP contribution in [0.25, 0.3) is 0 Å². The molecule has 2 fully saturated rings. The van der Waals surface area contributed by atoms with Gasteiger partial charge in [0.2, 0.25) is 0 Å². The van der Waals surface area contributed by atoms with E-state index in [1.54, 1.807) is 66.7 Å². The lowest BCUT2D eigenvalue weighted by Gasteiger charge is -2.39. The molecule has 4 nitrogen and oxygen atoms in total. The summed E-state index contributed by atoms with van der Waals surface area (Å²) in [7, 11) is 0. The van der Waals surface area contributed by atoms with Crippen LogP contribution < -0.4 is 9.47 Å². The summed E-state index contributed by atoms with van der Waals surface area (Å²) < 4.78 is 70.4. The maximum Gasteiger partial charge on any atom is 0.406 e. The maximum atomic E-state index is 15.9. The van der Waals surface area contributed by atoms with E-state index in [4.69, 9.17) is 18.9 Å². The fourth-order valence-corrected chi connectivity index (χ4v) is 5.32. The summed E-state index contributed by atoms with van der Waals surface area (Å²) in [5.74, 6) is 1.14. The number of halogens is 3. The topological polar surface area (TPSA) is 43.5 Å². The van der Waals surface area contributed by atoms with Gasteiger partial charge in [-0.25, -0.2) is 0 Å². The standard InChI is InChI=1S/C34H39F3O4/c1-31(2,3)27-16-23(12-14-29(27)40-20-25-18-38-25)33(34(35,36)37,22-10-8-7-9-11-22)24-13-15-30(41-21-26-19-39-26)28(17-24)32(4,5)6/h7-17,25-26H,18-21H2,1-6H3. The van der Waals surface area contributed by atoms with Crippen LogP contribution in [0.3, 0.4) is 0 Å². The molecule has 41 heavy (non-hydrogen) atoms. The fraction of sp³-hybridized carbons (Fsp3) is 0.471. The lowest BCUT2D eigenvalue weighted by molar-refractivity contribution is -0.166. The second-order valence-corrected chi connectivity index (χ2v) is 13.1. The van der Waals surface area contributed by atoms with Crippen molar-refractivity contribution in [2.24, 2.45) is 0 Å². The van der Waals surface area contributed by atoms with Crippen LogP contribution in [-0.2, 0) is 25.7 Å². The largest absolute Gasteiger partial charge is 0.490 e. The van der Waals surface area contributed by atoms with Gasteiger partial charge < -0.3 is 18.9 Å². The molecule has 5 rings (SSSR count). The van der Waals surface area contributed by atoms with Gasteiger partial charge in [-0.15, -0.1) is 0 Å². The molecule has 2 unspecified atom stereocenters. The van der Waals surface area contributed by atoms with Gasteiger partial charge in [-0.3, -0.25) is 0 Å². The molecule has 2 atom stereocenters. The minimum Gasteiger partial charge on any atom is -0.490 e. The zero-order valence-electron chi connectivity index (χ0n) is 24.6. The first kappa shape index (κ1) is 29.5. The Hall–Kier alpha value is -3.03. The van der Waals surface area contributed by atoms with Crippen molar-refractivity contribution in [2.45, 2.75) is 76.2 Å². The molecular formula is C34H39F3O4. The fourth-order valence-electron chi connectivity index (χ4n) is 5.32. The van der Waals surface area contributed by atoms with Gasteiger partial charge in [0.05, 0.1) is 13.2 Å². The molecule has 2 aliphatic rings. The van der Waals surface area contributed by atoms with E-state index in [0.717, 1.165) is 0 Å². The molecule has 0 bridgehead atoms.